The topological polar surface area (TPSA) is 172 Å². The van der Waals surface area contributed by atoms with Gasteiger partial charge in [0.15, 0.2) is 17.9 Å². The summed E-state index contributed by atoms with van der Waals surface area (Å²) in [5.74, 6) is -3.10. The van der Waals surface area contributed by atoms with E-state index in [0.717, 1.165) is 0 Å². The first-order valence-electron chi connectivity index (χ1n) is 12.7. The molecule has 39 heavy (non-hydrogen) atoms. The molecule has 3 aliphatic rings. The highest BCUT2D eigenvalue weighted by molar-refractivity contribution is 6.31. The highest BCUT2D eigenvalue weighted by Crippen LogP contribution is 2.52. The van der Waals surface area contributed by atoms with Gasteiger partial charge in [-0.2, -0.15) is 0 Å². The summed E-state index contributed by atoms with van der Waals surface area (Å²) in [7, 11) is 3.03. The zero-order valence-electron chi connectivity index (χ0n) is 22.0. The lowest BCUT2D eigenvalue weighted by Gasteiger charge is -2.42. The van der Waals surface area contributed by atoms with Crippen molar-refractivity contribution in [3.63, 3.8) is 0 Å². The van der Waals surface area contributed by atoms with E-state index in [9.17, 15) is 34.8 Å². The second kappa shape index (κ2) is 9.68. The molecule has 0 bridgehead atoms. The molecule has 11 heteroatoms. The maximum absolute atomic E-state index is 13.7. The lowest BCUT2D eigenvalue weighted by Crippen LogP contribution is -2.53. The predicted molar refractivity (Wildman–Crippen MR) is 135 cm³/mol. The van der Waals surface area contributed by atoms with Crippen molar-refractivity contribution < 1.29 is 49.0 Å². The van der Waals surface area contributed by atoms with Gasteiger partial charge in [0.25, 0.3) is 0 Å². The van der Waals surface area contributed by atoms with Crippen LogP contribution in [-0.4, -0.2) is 82.1 Å². The van der Waals surface area contributed by atoms with Gasteiger partial charge in [-0.25, -0.2) is 0 Å². The molecule has 0 amide bonds. The van der Waals surface area contributed by atoms with Crippen LogP contribution in [0.25, 0.3) is 0 Å². The summed E-state index contributed by atoms with van der Waals surface area (Å²) < 4.78 is 17.3. The molecule has 0 spiro atoms. The molecule has 6 atom stereocenters. The van der Waals surface area contributed by atoms with Gasteiger partial charge in [-0.1, -0.05) is 12.1 Å². The fraction of sp³-hybridized carbons (Fsp3) is 0.464. The number of phenols is 2. The Kier molecular flexibility index (Phi) is 6.76. The Bertz CT molecular complexity index is 1390. The van der Waals surface area contributed by atoms with Gasteiger partial charge in [0.2, 0.25) is 5.78 Å². The number of Topliss-reactive ketones (excluding diaryl/α,β-unsaturated/α-hetero) is 1. The molecule has 1 heterocycles. The first-order valence-corrected chi connectivity index (χ1v) is 12.7. The van der Waals surface area contributed by atoms with Crippen LogP contribution in [-0.2, 0) is 20.7 Å². The monoisotopic (exact) mass is 541 g/mol. The van der Waals surface area contributed by atoms with Crippen LogP contribution >= 0.6 is 0 Å². The van der Waals surface area contributed by atoms with Crippen molar-refractivity contribution in [3.8, 4) is 17.2 Å². The highest BCUT2D eigenvalue weighted by atomic mass is 16.7. The number of nitrogens with one attached hydrogen (secondary N) is 1. The van der Waals surface area contributed by atoms with Gasteiger partial charge >= 0.3 is 0 Å². The summed E-state index contributed by atoms with van der Waals surface area (Å²) in [4.78, 5) is 39.7. The van der Waals surface area contributed by atoms with Crippen LogP contribution in [0.15, 0.2) is 18.2 Å². The molecule has 6 unspecified atom stereocenters. The Morgan fingerprint density at radius 3 is 2.46 bits per heavy atom. The van der Waals surface area contributed by atoms with E-state index < -0.39 is 76.6 Å². The van der Waals surface area contributed by atoms with Gasteiger partial charge in [-0.15, -0.1) is 0 Å². The van der Waals surface area contributed by atoms with E-state index in [2.05, 4.69) is 5.32 Å². The van der Waals surface area contributed by atoms with Crippen LogP contribution in [0, 0.1) is 0 Å². The van der Waals surface area contributed by atoms with E-state index in [1.54, 1.807) is 14.0 Å². The van der Waals surface area contributed by atoms with E-state index in [1.807, 2.05) is 0 Å². The maximum Gasteiger partial charge on any atom is 0.202 e. The minimum atomic E-state index is -1.99. The summed E-state index contributed by atoms with van der Waals surface area (Å²) in [6.45, 7) is 2.86. The lowest BCUT2D eigenvalue weighted by molar-refractivity contribution is -0.249. The number of carbonyl (C=O) groups is 3. The number of aliphatic hydroxyl groups is 2. The van der Waals surface area contributed by atoms with Gasteiger partial charge in [-0.3, -0.25) is 14.4 Å². The van der Waals surface area contributed by atoms with E-state index in [-0.39, 0.29) is 46.9 Å². The van der Waals surface area contributed by atoms with Gasteiger partial charge in [0.05, 0.1) is 42.1 Å². The van der Waals surface area contributed by atoms with Gasteiger partial charge in [0.1, 0.15) is 22.8 Å². The number of aromatic hydroxyl groups is 2. The van der Waals surface area contributed by atoms with Crippen molar-refractivity contribution in [2.24, 2.45) is 0 Å². The van der Waals surface area contributed by atoms with Crippen LogP contribution in [0.4, 0.5) is 0 Å². The molecular formula is C28H31NO10. The van der Waals surface area contributed by atoms with Crippen LogP contribution < -0.4 is 10.1 Å². The smallest absolute Gasteiger partial charge is 0.202 e. The zero-order chi connectivity index (χ0) is 28.4. The van der Waals surface area contributed by atoms with Crippen molar-refractivity contribution in [1.29, 1.82) is 0 Å². The number of fused-ring (bicyclic) bond motifs is 3. The minimum Gasteiger partial charge on any atom is -0.507 e. The Labute approximate surface area is 224 Å². The van der Waals surface area contributed by atoms with E-state index in [4.69, 9.17) is 14.2 Å². The minimum absolute atomic E-state index is 0.00630. The Morgan fingerprint density at radius 1 is 1.13 bits per heavy atom. The second-order valence-electron chi connectivity index (χ2n) is 10.4. The first kappa shape index (κ1) is 27.2. The second-order valence-corrected chi connectivity index (χ2v) is 10.4. The summed E-state index contributed by atoms with van der Waals surface area (Å²) in [5, 5.41) is 47.5. The average Bonchev–Trinajstić information content (AvgIpc) is 2.90. The van der Waals surface area contributed by atoms with Crippen molar-refractivity contribution in [2.45, 2.75) is 69.4 Å². The largest absolute Gasteiger partial charge is 0.507 e. The third-order valence-electron chi connectivity index (χ3n) is 8.12. The number of likely N-dealkylation sites (N-methyl/N-ethyl adjacent to an activating group) is 1. The molecule has 5 rings (SSSR count). The lowest BCUT2D eigenvalue weighted by atomic mass is 9.72. The Morgan fingerprint density at radius 2 is 1.82 bits per heavy atom. The molecule has 208 valence electrons. The van der Waals surface area contributed by atoms with Crippen LogP contribution in [0.1, 0.15) is 75.8 Å². The highest BCUT2D eigenvalue weighted by Gasteiger charge is 2.49. The third kappa shape index (κ3) is 4.12. The quantitative estimate of drug-likeness (QED) is 0.295. The molecule has 2 aromatic carbocycles. The SMILES string of the molecule is CNC1CC(OC2CC(O)(C(C)=O)Cc3c(O)c4c(c(O)c32)C(=O)c2c(OC)cccc2C4=O)OC(C)C1O. The standard InChI is InChI=1S/C28H31NO10/c1-11-23(31)15(29-3)8-18(38-11)39-17-10-28(36,12(2)30)9-14-20(17)27(35)22-21(25(14)33)24(32)13-6-5-7-16(37-4)19(13)26(22)34/h5-7,11,15,17-18,23,29,31,33,35-36H,8-10H2,1-4H3. The Hall–Kier alpha value is -3.35. The fourth-order valence-electron chi connectivity index (χ4n) is 5.91. The molecule has 2 aliphatic carbocycles. The fourth-order valence-corrected chi connectivity index (χ4v) is 5.91. The Balaban J connectivity index is 1.67. The normalized spacial score (nSPS) is 29.8. The third-order valence-corrected chi connectivity index (χ3v) is 8.12. The number of ketones is 3. The average molecular weight is 542 g/mol. The van der Waals surface area contributed by atoms with E-state index in [1.165, 1.54) is 32.2 Å². The van der Waals surface area contributed by atoms with Gasteiger partial charge < -0.3 is 40.0 Å². The number of carbonyl (C=O) groups excluding carboxylic acids is 3. The molecule has 0 radical (unpaired) electrons. The van der Waals surface area contributed by atoms with Gasteiger partial charge in [-0.05, 0) is 27.0 Å². The van der Waals surface area contributed by atoms with Crippen LogP contribution in [0.3, 0.4) is 0 Å². The molecular weight excluding hydrogens is 510 g/mol. The number of ether oxygens (including phenoxy) is 3. The number of phenolic OH excluding ortho intramolecular Hbond substituents is 2. The van der Waals surface area contributed by atoms with E-state index in [0.29, 0.717) is 0 Å². The summed E-state index contributed by atoms with van der Waals surface area (Å²) in [6.07, 6.45) is -4.07. The zero-order valence-corrected chi connectivity index (χ0v) is 22.0. The molecule has 1 fully saturated rings. The molecule has 1 saturated heterocycles. The molecule has 0 saturated carbocycles. The molecule has 5 N–H and O–H groups in total. The number of hydrogen-bond donors (Lipinski definition) is 5. The first-order chi connectivity index (χ1) is 18.4. The number of methoxy groups -OCH3 is 1. The maximum atomic E-state index is 13.7. The number of hydrogen-bond acceptors (Lipinski definition) is 11. The summed E-state index contributed by atoms with van der Waals surface area (Å²) in [6, 6.07) is 4.07. The number of benzene rings is 2. The summed E-state index contributed by atoms with van der Waals surface area (Å²) >= 11 is 0. The van der Waals surface area contributed by atoms with E-state index >= 15 is 0 Å². The van der Waals surface area contributed by atoms with Crippen molar-refractivity contribution in [3.05, 3.63) is 51.6 Å². The molecule has 1 aliphatic heterocycles. The van der Waals surface area contributed by atoms with Gasteiger partial charge in [0, 0.05) is 42.0 Å². The van der Waals surface area contributed by atoms with Crippen molar-refractivity contribution in [1.82, 2.24) is 5.32 Å². The number of rotatable bonds is 5. The molecule has 2 aromatic rings. The molecule has 0 aromatic heterocycles. The van der Waals surface area contributed by atoms with Crippen LogP contribution in [0.5, 0.6) is 17.2 Å². The molecule has 11 nitrogen and oxygen atoms in total. The predicted octanol–water partition coefficient (Wildman–Crippen LogP) is 1.29. The van der Waals surface area contributed by atoms with Crippen molar-refractivity contribution >= 4 is 17.3 Å². The number of aliphatic hydroxyl groups excluding tert-OH is 1. The van der Waals surface area contributed by atoms with Crippen molar-refractivity contribution in [2.75, 3.05) is 14.2 Å². The summed E-state index contributed by atoms with van der Waals surface area (Å²) in [5.41, 5.74) is -2.94. The van der Waals surface area contributed by atoms with Crippen LogP contribution in [0.2, 0.25) is 0 Å².